The zero-order valence-corrected chi connectivity index (χ0v) is 9.13. The highest BCUT2D eigenvalue weighted by molar-refractivity contribution is 5.26. The highest BCUT2D eigenvalue weighted by atomic mass is 16.3. The molecule has 0 atom stereocenters. The summed E-state index contributed by atoms with van der Waals surface area (Å²) < 4.78 is 2.18. The molecule has 84 valence electrons. The van der Waals surface area contributed by atoms with E-state index >= 15 is 0 Å². The second kappa shape index (κ2) is 4.86. The standard InChI is InChI=1S/C13H16N2O/c14-8-7-12-2-1-9-15(12)10-11-3-5-13(16)6-4-11/h1-6,9,16H,7-8,10,14H2. The Kier molecular flexibility index (Phi) is 3.27. The van der Waals surface area contributed by atoms with Crippen LogP contribution in [-0.2, 0) is 13.0 Å². The fourth-order valence-electron chi connectivity index (χ4n) is 1.78. The summed E-state index contributed by atoms with van der Waals surface area (Å²) in [5, 5.41) is 9.20. The van der Waals surface area contributed by atoms with Crippen LogP contribution < -0.4 is 5.73 Å². The number of hydrogen-bond donors (Lipinski definition) is 2. The van der Waals surface area contributed by atoms with Crippen LogP contribution in [0.4, 0.5) is 0 Å². The molecule has 3 N–H and O–H groups in total. The molecule has 1 heterocycles. The maximum absolute atomic E-state index is 9.20. The van der Waals surface area contributed by atoms with Crippen molar-refractivity contribution in [2.75, 3.05) is 6.54 Å². The Labute approximate surface area is 95.1 Å². The van der Waals surface area contributed by atoms with E-state index in [0.29, 0.717) is 12.3 Å². The monoisotopic (exact) mass is 216 g/mol. The van der Waals surface area contributed by atoms with Gasteiger partial charge in [-0.25, -0.2) is 0 Å². The number of aromatic nitrogens is 1. The van der Waals surface area contributed by atoms with E-state index in [1.165, 1.54) is 11.3 Å². The van der Waals surface area contributed by atoms with Crippen LogP contribution >= 0.6 is 0 Å². The van der Waals surface area contributed by atoms with E-state index in [1.54, 1.807) is 12.1 Å². The smallest absolute Gasteiger partial charge is 0.115 e. The van der Waals surface area contributed by atoms with Crippen molar-refractivity contribution in [2.24, 2.45) is 5.73 Å². The number of phenolic OH excluding ortho intramolecular Hbond substituents is 1. The van der Waals surface area contributed by atoms with Crippen LogP contribution in [0.25, 0.3) is 0 Å². The van der Waals surface area contributed by atoms with Crippen molar-refractivity contribution >= 4 is 0 Å². The molecular formula is C13H16N2O. The number of hydrogen-bond acceptors (Lipinski definition) is 2. The summed E-state index contributed by atoms with van der Waals surface area (Å²) in [4.78, 5) is 0. The molecule has 2 rings (SSSR count). The average molecular weight is 216 g/mol. The van der Waals surface area contributed by atoms with Crippen molar-refractivity contribution in [3.63, 3.8) is 0 Å². The van der Waals surface area contributed by atoms with E-state index in [0.717, 1.165) is 13.0 Å². The van der Waals surface area contributed by atoms with Crippen LogP contribution in [0.3, 0.4) is 0 Å². The lowest BCUT2D eigenvalue weighted by atomic mass is 10.2. The zero-order valence-electron chi connectivity index (χ0n) is 9.13. The van der Waals surface area contributed by atoms with Gasteiger partial charge in [0.25, 0.3) is 0 Å². The van der Waals surface area contributed by atoms with E-state index in [9.17, 15) is 5.11 Å². The van der Waals surface area contributed by atoms with Crippen molar-refractivity contribution in [1.29, 1.82) is 0 Å². The summed E-state index contributed by atoms with van der Waals surface area (Å²) in [5.74, 6) is 0.304. The van der Waals surface area contributed by atoms with Gasteiger partial charge in [0.1, 0.15) is 5.75 Å². The van der Waals surface area contributed by atoms with Crippen molar-refractivity contribution in [1.82, 2.24) is 4.57 Å². The third kappa shape index (κ3) is 2.44. The van der Waals surface area contributed by atoms with Gasteiger partial charge in [0.15, 0.2) is 0 Å². The van der Waals surface area contributed by atoms with Crippen LogP contribution in [-0.4, -0.2) is 16.2 Å². The lowest BCUT2D eigenvalue weighted by molar-refractivity contribution is 0.475. The SMILES string of the molecule is NCCc1cccn1Cc1ccc(O)cc1. The van der Waals surface area contributed by atoms with Gasteiger partial charge in [0, 0.05) is 18.4 Å². The van der Waals surface area contributed by atoms with Crippen LogP contribution in [0.2, 0.25) is 0 Å². The van der Waals surface area contributed by atoms with E-state index in [4.69, 9.17) is 5.73 Å². The number of phenols is 1. The second-order valence-corrected chi connectivity index (χ2v) is 3.83. The van der Waals surface area contributed by atoms with E-state index in [1.807, 2.05) is 18.2 Å². The molecule has 1 aromatic carbocycles. The predicted molar refractivity (Wildman–Crippen MR) is 64.4 cm³/mol. The molecule has 0 saturated carbocycles. The van der Waals surface area contributed by atoms with Gasteiger partial charge in [0.2, 0.25) is 0 Å². The van der Waals surface area contributed by atoms with Crippen LogP contribution in [0.15, 0.2) is 42.6 Å². The highest BCUT2D eigenvalue weighted by Crippen LogP contribution is 2.12. The van der Waals surface area contributed by atoms with E-state index in [2.05, 4.69) is 16.8 Å². The van der Waals surface area contributed by atoms with Gasteiger partial charge in [-0.1, -0.05) is 12.1 Å². The first-order valence-corrected chi connectivity index (χ1v) is 5.41. The summed E-state index contributed by atoms with van der Waals surface area (Å²) in [5.41, 5.74) is 7.97. The van der Waals surface area contributed by atoms with Crippen LogP contribution in [0, 0.1) is 0 Å². The maximum Gasteiger partial charge on any atom is 0.115 e. The minimum atomic E-state index is 0.304. The summed E-state index contributed by atoms with van der Waals surface area (Å²) >= 11 is 0. The molecule has 0 radical (unpaired) electrons. The molecular weight excluding hydrogens is 200 g/mol. The zero-order chi connectivity index (χ0) is 11.4. The molecule has 16 heavy (non-hydrogen) atoms. The Morgan fingerprint density at radius 3 is 2.56 bits per heavy atom. The Morgan fingerprint density at radius 1 is 1.12 bits per heavy atom. The molecule has 1 aromatic heterocycles. The summed E-state index contributed by atoms with van der Waals surface area (Å²) in [6, 6.07) is 11.4. The molecule has 0 amide bonds. The maximum atomic E-state index is 9.20. The average Bonchev–Trinajstić information content (AvgIpc) is 2.70. The number of nitrogens with two attached hydrogens (primary N) is 1. The Bertz CT molecular complexity index is 445. The fraction of sp³-hybridized carbons (Fsp3) is 0.231. The minimum absolute atomic E-state index is 0.304. The minimum Gasteiger partial charge on any atom is -0.508 e. The molecule has 3 heteroatoms. The number of benzene rings is 1. The lowest BCUT2D eigenvalue weighted by Crippen LogP contribution is -2.09. The van der Waals surface area contributed by atoms with Gasteiger partial charge >= 0.3 is 0 Å². The third-order valence-corrected chi connectivity index (χ3v) is 2.61. The Balaban J connectivity index is 2.13. The summed E-state index contributed by atoms with van der Waals surface area (Å²) in [6.45, 7) is 1.49. The molecule has 2 aromatic rings. The van der Waals surface area contributed by atoms with E-state index < -0.39 is 0 Å². The predicted octanol–water partition coefficient (Wildman–Crippen LogP) is 1.74. The van der Waals surface area contributed by atoms with Gasteiger partial charge in [-0.2, -0.15) is 0 Å². The molecule has 0 spiro atoms. The van der Waals surface area contributed by atoms with Gasteiger partial charge in [-0.05, 0) is 42.8 Å². The quantitative estimate of drug-likeness (QED) is 0.818. The molecule has 0 saturated heterocycles. The largest absolute Gasteiger partial charge is 0.508 e. The molecule has 3 nitrogen and oxygen atoms in total. The molecule has 0 unspecified atom stereocenters. The van der Waals surface area contributed by atoms with Crippen molar-refractivity contribution in [2.45, 2.75) is 13.0 Å². The van der Waals surface area contributed by atoms with Crippen molar-refractivity contribution in [3.8, 4) is 5.75 Å². The Hall–Kier alpha value is -1.74. The van der Waals surface area contributed by atoms with Crippen molar-refractivity contribution < 1.29 is 5.11 Å². The van der Waals surface area contributed by atoms with E-state index in [-0.39, 0.29) is 0 Å². The molecule has 0 bridgehead atoms. The summed E-state index contributed by atoms with van der Waals surface area (Å²) in [7, 11) is 0. The number of nitrogens with zero attached hydrogens (tertiary/aromatic N) is 1. The lowest BCUT2D eigenvalue weighted by Gasteiger charge is -2.08. The Morgan fingerprint density at radius 2 is 1.88 bits per heavy atom. The van der Waals surface area contributed by atoms with Crippen LogP contribution in [0.1, 0.15) is 11.3 Å². The molecule has 0 aliphatic rings. The normalized spacial score (nSPS) is 10.6. The second-order valence-electron chi connectivity index (χ2n) is 3.83. The van der Waals surface area contributed by atoms with Gasteiger partial charge in [-0.15, -0.1) is 0 Å². The first-order chi connectivity index (χ1) is 7.79. The topological polar surface area (TPSA) is 51.2 Å². The number of rotatable bonds is 4. The molecule has 0 fully saturated rings. The first kappa shape index (κ1) is 10.8. The van der Waals surface area contributed by atoms with Crippen LogP contribution in [0.5, 0.6) is 5.75 Å². The third-order valence-electron chi connectivity index (χ3n) is 2.61. The first-order valence-electron chi connectivity index (χ1n) is 5.41. The molecule has 0 aliphatic carbocycles. The molecule has 0 aliphatic heterocycles. The van der Waals surface area contributed by atoms with Gasteiger partial charge in [-0.3, -0.25) is 0 Å². The fourth-order valence-corrected chi connectivity index (χ4v) is 1.78. The van der Waals surface area contributed by atoms with Gasteiger partial charge in [0.05, 0.1) is 0 Å². The number of aromatic hydroxyl groups is 1. The summed E-state index contributed by atoms with van der Waals surface area (Å²) in [6.07, 6.45) is 2.95. The highest BCUT2D eigenvalue weighted by Gasteiger charge is 2.00. The van der Waals surface area contributed by atoms with Crippen molar-refractivity contribution in [3.05, 3.63) is 53.9 Å². The van der Waals surface area contributed by atoms with Gasteiger partial charge < -0.3 is 15.4 Å².